The number of thiol groups is 1. The monoisotopic (exact) mass is 143 g/mol. The molecule has 0 aliphatic heterocycles. The molecule has 0 saturated heterocycles. The van der Waals surface area contributed by atoms with E-state index in [1.165, 1.54) is 0 Å². The lowest BCUT2D eigenvalue weighted by molar-refractivity contribution is 0.301. The van der Waals surface area contributed by atoms with Crippen LogP contribution in [0, 0.1) is 5.41 Å². The molecule has 1 radical (unpaired) electrons. The molecular formula is C7H16BS. The molecule has 9 heavy (non-hydrogen) atoms. The first-order valence-corrected chi connectivity index (χ1v) is 3.81. The molecule has 0 fully saturated rings. The lowest BCUT2D eigenvalue weighted by atomic mass is 9.56. The van der Waals surface area contributed by atoms with E-state index in [2.05, 4.69) is 47.1 Å². The molecule has 0 spiro atoms. The highest BCUT2D eigenvalue weighted by Gasteiger charge is 2.31. The van der Waals surface area contributed by atoms with Gasteiger partial charge in [-0.2, -0.15) is 0 Å². The quantitative estimate of drug-likeness (QED) is 0.423. The summed E-state index contributed by atoms with van der Waals surface area (Å²) in [5, 5.41) is 0.218. The molecule has 0 rings (SSSR count). The van der Waals surface area contributed by atoms with E-state index in [1.54, 1.807) is 0 Å². The molecule has 0 nitrogen and oxygen atoms in total. The minimum atomic E-state index is 0.218. The van der Waals surface area contributed by atoms with Gasteiger partial charge in [0.25, 0.3) is 0 Å². The van der Waals surface area contributed by atoms with Gasteiger partial charge in [0.2, 0.25) is 0 Å². The first-order valence-electron chi connectivity index (χ1n) is 3.30. The molecule has 0 N–H and O–H groups in total. The fourth-order valence-corrected chi connectivity index (χ4v) is 0.581. The number of rotatable bonds is 1. The second-order valence-corrected chi connectivity index (χ2v) is 4.36. The molecule has 0 amide bonds. The van der Waals surface area contributed by atoms with Crippen LogP contribution in [0.15, 0.2) is 0 Å². The van der Waals surface area contributed by atoms with Crippen molar-refractivity contribution < 1.29 is 0 Å². The lowest BCUT2D eigenvalue weighted by Crippen LogP contribution is -2.26. The zero-order chi connectivity index (χ0) is 7.71. The molecule has 0 aromatic heterocycles. The third-order valence-corrected chi connectivity index (χ3v) is 2.90. The van der Waals surface area contributed by atoms with E-state index in [0.717, 1.165) is 0 Å². The number of hydrogen-bond acceptors (Lipinski definition) is 1. The van der Waals surface area contributed by atoms with Crippen LogP contribution >= 0.6 is 12.5 Å². The van der Waals surface area contributed by atoms with Gasteiger partial charge in [0.1, 0.15) is 0 Å². The van der Waals surface area contributed by atoms with Gasteiger partial charge < -0.3 is 0 Å². The zero-order valence-corrected chi connectivity index (χ0v) is 7.92. The summed E-state index contributed by atoms with van der Waals surface area (Å²) in [5.74, 6) is 0. The first-order chi connectivity index (χ1) is 3.81. The summed E-state index contributed by atoms with van der Waals surface area (Å²) in [6, 6.07) is 0. The third kappa shape index (κ3) is 2.25. The predicted octanol–water partition coefficient (Wildman–Crippen LogP) is 2.78. The summed E-state index contributed by atoms with van der Waals surface area (Å²) in [6.45, 7) is 13.0. The highest BCUT2D eigenvalue weighted by atomic mass is 32.1. The summed E-state index contributed by atoms with van der Waals surface area (Å²) in [5.41, 5.74) is 0.314. The van der Waals surface area contributed by atoms with E-state index in [4.69, 9.17) is 0 Å². The van der Waals surface area contributed by atoms with Gasteiger partial charge in [-0.05, 0) is 10.7 Å². The van der Waals surface area contributed by atoms with Gasteiger partial charge in [-0.1, -0.05) is 34.6 Å². The van der Waals surface area contributed by atoms with Gasteiger partial charge >= 0.3 is 0 Å². The summed E-state index contributed by atoms with van der Waals surface area (Å²) in [7, 11) is 0. The molecule has 0 atom stereocenters. The van der Waals surface area contributed by atoms with E-state index >= 15 is 0 Å². The Hall–Kier alpha value is 0.415. The molecule has 0 aromatic rings. The van der Waals surface area contributed by atoms with Crippen molar-refractivity contribution in [3.8, 4) is 0 Å². The molecule has 0 heterocycles. The predicted molar refractivity (Wildman–Crippen MR) is 48.2 cm³/mol. The molecule has 2 heteroatoms. The van der Waals surface area contributed by atoms with Crippen molar-refractivity contribution in [2.45, 2.75) is 39.9 Å². The Morgan fingerprint density at radius 3 is 1.33 bits per heavy atom. The summed E-state index contributed by atoms with van der Waals surface area (Å²) in [6.07, 6.45) is 0. The van der Waals surface area contributed by atoms with Crippen molar-refractivity contribution in [1.82, 2.24) is 0 Å². The molecule has 0 aromatic carbocycles. The summed E-state index contributed by atoms with van der Waals surface area (Å²) in [4.78, 5) is 0. The molecule has 53 valence electrons. The highest BCUT2D eigenvalue weighted by Crippen LogP contribution is 2.43. The number of hydrogen-bond donors (Lipinski definition) is 1. The van der Waals surface area contributed by atoms with Crippen molar-refractivity contribution in [2.24, 2.45) is 5.41 Å². The summed E-state index contributed by atoms with van der Waals surface area (Å²) < 4.78 is 0. The Kier molecular flexibility index (Phi) is 2.69. The molecule has 0 aliphatic rings. The van der Waals surface area contributed by atoms with E-state index < -0.39 is 0 Å². The first kappa shape index (κ1) is 9.41. The average molecular weight is 143 g/mol. The Balaban J connectivity index is 4.14. The van der Waals surface area contributed by atoms with Crippen LogP contribution in [0.5, 0.6) is 0 Å². The second-order valence-electron chi connectivity index (χ2n) is 4.10. The van der Waals surface area contributed by atoms with Crippen LogP contribution in [0.1, 0.15) is 34.6 Å². The van der Waals surface area contributed by atoms with Gasteiger partial charge in [-0.25, -0.2) is 12.5 Å². The Bertz CT molecular complexity index is 91.6. The van der Waals surface area contributed by atoms with Crippen LogP contribution < -0.4 is 0 Å². The van der Waals surface area contributed by atoms with Crippen LogP contribution in [0.4, 0.5) is 0 Å². The van der Waals surface area contributed by atoms with Crippen LogP contribution in [0.2, 0.25) is 5.31 Å². The third-order valence-electron chi connectivity index (χ3n) is 2.26. The Morgan fingerprint density at radius 2 is 1.33 bits per heavy atom. The van der Waals surface area contributed by atoms with Crippen molar-refractivity contribution in [1.29, 1.82) is 0 Å². The van der Waals surface area contributed by atoms with E-state index in [0.29, 0.717) is 5.41 Å². The Labute approximate surface area is 65.0 Å². The van der Waals surface area contributed by atoms with Gasteiger partial charge in [0.05, 0.1) is 0 Å². The standard InChI is InChI=1S/C7H16BS/c1-6(2,3)7(4,5)8-9/h9H,1-5H3. The molecular weight excluding hydrogens is 127 g/mol. The Morgan fingerprint density at radius 1 is 1.00 bits per heavy atom. The van der Waals surface area contributed by atoms with Crippen molar-refractivity contribution >= 4 is 19.0 Å². The van der Waals surface area contributed by atoms with Gasteiger partial charge in [-0.15, -0.1) is 0 Å². The maximum Gasteiger partial charge on any atom is 0.194 e. The van der Waals surface area contributed by atoms with Gasteiger partial charge in [0, 0.05) is 0 Å². The van der Waals surface area contributed by atoms with Crippen LogP contribution in [0.25, 0.3) is 0 Å². The van der Waals surface area contributed by atoms with Crippen molar-refractivity contribution in [3.05, 3.63) is 0 Å². The van der Waals surface area contributed by atoms with E-state index in [-0.39, 0.29) is 5.31 Å². The SMILES string of the molecule is CC(C)(C)C(C)(C)[B]S. The highest BCUT2D eigenvalue weighted by molar-refractivity contribution is 8.07. The maximum atomic E-state index is 4.17. The molecule has 0 saturated carbocycles. The molecule has 0 unspecified atom stereocenters. The van der Waals surface area contributed by atoms with Crippen molar-refractivity contribution in [2.75, 3.05) is 0 Å². The van der Waals surface area contributed by atoms with E-state index in [9.17, 15) is 0 Å². The fraction of sp³-hybridized carbons (Fsp3) is 1.00. The topological polar surface area (TPSA) is 0 Å². The molecule has 0 aliphatic carbocycles. The average Bonchev–Trinajstić information content (AvgIpc) is 1.64. The van der Waals surface area contributed by atoms with Gasteiger partial charge in [-0.3, -0.25) is 0 Å². The molecule has 0 bridgehead atoms. The van der Waals surface area contributed by atoms with Crippen molar-refractivity contribution in [3.63, 3.8) is 0 Å². The lowest BCUT2D eigenvalue weighted by Gasteiger charge is -2.37. The normalized spacial score (nSPS) is 13.6. The smallest absolute Gasteiger partial charge is 0.194 e. The van der Waals surface area contributed by atoms with Crippen LogP contribution in [-0.4, -0.2) is 6.56 Å². The minimum Gasteiger partial charge on any atom is -0.234 e. The van der Waals surface area contributed by atoms with E-state index in [1.807, 2.05) is 6.56 Å². The fourth-order valence-electron chi connectivity index (χ4n) is 0.194. The summed E-state index contributed by atoms with van der Waals surface area (Å²) >= 11 is 4.17. The van der Waals surface area contributed by atoms with Crippen LogP contribution in [-0.2, 0) is 0 Å². The minimum absolute atomic E-state index is 0.218. The van der Waals surface area contributed by atoms with Crippen LogP contribution in [0.3, 0.4) is 0 Å². The largest absolute Gasteiger partial charge is 0.234 e. The van der Waals surface area contributed by atoms with Gasteiger partial charge in [0.15, 0.2) is 6.56 Å². The second kappa shape index (κ2) is 2.57. The zero-order valence-electron chi connectivity index (χ0n) is 7.02. The maximum absolute atomic E-state index is 4.17.